The van der Waals surface area contributed by atoms with Gasteiger partial charge in [-0.15, -0.1) is 0 Å². The van der Waals surface area contributed by atoms with Gasteiger partial charge in [-0.25, -0.2) is 0 Å². The minimum Gasteiger partial charge on any atom is -0.493 e. The molecule has 1 aliphatic rings. The van der Waals surface area contributed by atoms with Crippen LogP contribution in [0.15, 0.2) is 22.7 Å². The number of likely N-dealkylation sites (N-methyl/N-ethyl adjacent to an activating group) is 1. The largest absolute Gasteiger partial charge is 0.493 e. The topological polar surface area (TPSA) is 72.7 Å². The Bertz CT molecular complexity index is 695. The molecule has 9 heteroatoms. The van der Waals surface area contributed by atoms with Crippen LogP contribution in [-0.4, -0.2) is 55.4 Å². The third-order valence-electron chi connectivity index (χ3n) is 3.89. The lowest BCUT2D eigenvalue weighted by atomic mass is 10.1. The zero-order valence-electron chi connectivity index (χ0n) is 13.3. The lowest BCUT2D eigenvalue weighted by Gasteiger charge is -2.30. The maximum atomic E-state index is 12.7. The standard InChI is InChI=1S/C15H18F2N4O3/c1-21-7-6-18-8-10(21)13-19-14(24-20-13)9-4-3-5-11(22-2)12(9)23-15(16)17/h3-5,10,15,18H,6-8H2,1-2H3. The molecule has 0 aliphatic carbocycles. The lowest BCUT2D eigenvalue weighted by Crippen LogP contribution is -2.44. The number of nitrogens with zero attached hydrogens (tertiary/aromatic N) is 3. The van der Waals surface area contributed by atoms with Gasteiger partial charge >= 0.3 is 6.61 Å². The summed E-state index contributed by atoms with van der Waals surface area (Å²) in [5.41, 5.74) is 0.264. The summed E-state index contributed by atoms with van der Waals surface area (Å²) in [6.07, 6.45) is 0. The Balaban J connectivity index is 1.95. The summed E-state index contributed by atoms with van der Waals surface area (Å²) < 4.78 is 40.4. The molecule has 1 fully saturated rings. The normalized spacial score (nSPS) is 18.8. The number of halogens is 2. The first kappa shape index (κ1) is 16.6. The van der Waals surface area contributed by atoms with E-state index >= 15 is 0 Å². The molecule has 0 bridgehead atoms. The first-order valence-corrected chi connectivity index (χ1v) is 7.47. The van der Waals surface area contributed by atoms with Crippen molar-refractivity contribution in [1.82, 2.24) is 20.4 Å². The molecular formula is C15H18F2N4O3. The second-order valence-corrected chi connectivity index (χ2v) is 5.37. The number of hydrogen-bond acceptors (Lipinski definition) is 7. The molecule has 1 saturated heterocycles. The molecule has 1 unspecified atom stereocenters. The molecule has 0 radical (unpaired) electrons. The van der Waals surface area contributed by atoms with Crippen molar-refractivity contribution < 1.29 is 22.8 Å². The molecule has 24 heavy (non-hydrogen) atoms. The maximum Gasteiger partial charge on any atom is 0.387 e. The molecule has 2 heterocycles. The molecule has 2 aromatic rings. The van der Waals surface area contributed by atoms with Crippen LogP contribution in [0.4, 0.5) is 8.78 Å². The van der Waals surface area contributed by atoms with E-state index in [-0.39, 0.29) is 29.0 Å². The van der Waals surface area contributed by atoms with E-state index in [2.05, 4.69) is 25.1 Å². The first-order valence-electron chi connectivity index (χ1n) is 7.47. The summed E-state index contributed by atoms with van der Waals surface area (Å²) in [6, 6.07) is 4.70. The van der Waals surface area contributed by atoms with Gasteiger partial charge in [0.2, 0.25) is 0 Å². The molecule has 1 aromatic carbocycles. The van der Waals surface area contributed by atoms with E-state index in [0.717, 1.165) is 13.1 Å². The smallest absolute Gasteiger partial charge is 0.387 e. The molecule has 0 spiro atoms. The Morgan fingerprint density at radius 3 is 2.96 bits per heavy atom. The maximum absolute atomic E-state index is 12.7. The van der Waals surface area contributed by atoms with Crippen LogP contribution in [0.1, 0.15) is 11.9 Å². The fourth-order valence-electron chi connectivity index (χ4n) is 2.63. The molecule has 7 nitrogen and oxygen atoms in total. The van der Waals surface area contributed by atoms with E-state index in [1.54, 1.807) is 12.1 Å². The van der Waals surface area contributed by atoms with E-state index in [0.29, 0.717) is 12.4 Å². The van der Waals surface area contributed by atoms with Crippen LogP contribution in [0.25, 0.3) is 11.5 Å². The van der Waals surface area contributed by atoms with E-state index in [9.17, 15) is 8.78 Å². The van der Waals surface area contributed by atoms with Gasteiger partial charge in [0.05, 0.1) is 18.7 Å². The van der Waals surface area contributed by atoms with Crippen LogP contribution < -0.4 is 14.8 Å². The van der Waals surface area contributed by atoms with Crippen molar-refractivity contribution >= 4 is 0 Å². The second-order valence-electron chi connectivity index (χ2n) is 5.37. The highest BCUT2D eigenvalue weighted by Gasteiger charge is 2.27. The van der Waals surface area contributed by atoms with Gasteiger partial charge in [0, 0.05) is 19.6 Å². The number of para-hydroxylation sites is 1. The quantitative estimate of drug-likeness (QED) is 0.891. The minimum absolute atomic E-state index is 0.0404. The first-order chi connectivity index (χ1) is 11.6. The Morgan fingerprint density at radius 2 is 2.25 bits per heavy atom. The van der Waals surface area contributed by atoms with Crippen molar-refractivity contribution in [3.8, 4) is 23.0 Å². The van der Waals surface area contributed by atoms with Crippen molar-refractivity contribution in [2.75, 3.05) is 33.8 Å². The monoisotopic (exact) mass is 340 g/mol. The second kappa shape index (κ2) is 7.10. The molecule has 1 aromatic heterocycles. The van der Waals surface area contributed by atoms with Crippen molar-refractivity contribution in [1.29, 1.82) is 0 Å². The zero-order chi connectivity index (χ0) is 17.1. The minimum atomic E-state index is -2.99. The highest BCUT2D eigenvalue weighted by Crippen LogP contribution is 2.38. The fraction of sp³-hybridized carbons (Fsp3) is 0.467. The average molecular weight is 340 g/mol. The van der Waals surface area contributed by atoms with Gasteiger partial charge in [-0.05, 0) is 19.2 Å². The molecule has 1 atom stereocenters. The number of aromatic nitrogens is 2. The van der Waals surface area contributed by atoms with Gasteiger partial charge in [0.25, 0.3) is 5.89 Å². The Labute approximate surface area is 137 Å². The van der Waals surface area contributed by atoms with Crippen LogP contribution in [-0.2, 0) is 0 Å². The predicted molar refractivity (Wildman–Crippen MR) is 81.2 cm³/mol. The van der Waals surface area contributed by atoms with Gasteiger partial charge in [-0.1, -0.05) is 11.2 Å². The highest BCUT2D eigenvalue weighted by atomic mass is 19.3. The molecule has 130 valence electrons. The van der Waals surface area contributed by atoms with E-state index in [1.165, 1.54) is 13.2 Å². The number of piperazine rings is 1. The van der Waals surface area contributed by atoms with E-state index in [4.69, 9.17) is 9.26 Å². The number of benzene rings is 1. The summed E-state index contributed by atoms with van der Waals surface area (Å²) in [7, 11) is 3.35. The number of nitrogens with one attached hydrogen (secondary N) is 1. The van der Waals surface area contributed by atoms with Crippen molar-refractivity contribution in [2.45, 2.75) is 12.7 Å². The molecule has 3 rings (SSSR count). The fourth-order valence-corrected chi connectivity index (χ4v) is 2.63. The number of rotatable bonds is 5. The summed E-state index contributed by atoms with van der Waals surface area (Å²) in [6.45, 7) is -0.558. The van der Waals surface area contributed by atoms with Crippen molar-refractivity contribution in [3.63, 3.8) is 0 Å². The molecule has 0 saturated carbocycles. The number of methoxy groups -OCH3 is 1. The zero-order valence-corrected chi connectivity index (χ0v) is 13.3. The van der Waals surface area contributed by atoms with Gasteiger partial charge in [0.1, 0.15) is 0 Å². The molecule has 1 aliphatic heterocycles. The Hall–Kier alpha value is -2.26. The van der Waals surface area contributed by atoms with Crippen LogP contribution in [0, 0.1) is 0 Å². The Kier molecular flexibility index (Phi) is 4.91. The predicted octanol–water partition coefficient (Wildman–Crippen LogP) is 1.92. The third kappa shape index (κ3) is 3.31. The van der Waals surface area contributed by atoms with Crippen LogP contribution in [0.2, 0.25) is 0 Å². The molecular weight excluding hydrogens is 322 g/mol. The average Bonchev–Trinajstić information content (AvgIpc) is 3.04. The lowest BCUT2D eigenvalue weighted by molar-refractivity contribution is -0.0508. The molecule has 1 N–H and O–H groups in total. The number of hydrogen-bond donors (Lipinski definition) is 1. The third-order valence-corrected chi connectivity index (χ3v) is 3.89. The number of alkyl halides is 2. The van der Waals surface area contributed by atoms with Crippen LogP contribution >= 0.6 is 0 Å². The van der Waals surface area contributed by atoms with Gasteiger partial charge in [-0.3, -0.25) is 4.90 Å². The van der Waals surface area contributed by atoms with E-state index in [1.807, 2.05) is 7.05 Å². The SMILES string of the molecule is COc1cccc(-c2nc(C3CNCCN3C)no2)c1OC(F)F. The number of ether oxygens (including phenoxy) is 2. The van der Waals surface area contributed by atoms with Crippen molar-refractivity contribution in [2.24, 2.45) is 0 Å². The van der Waals surface area contributed by atoms with E-state index < -0.39 is 6.61 Å². The van der Waals surface area contributed by atoms with Crippen molar-refractivity contribution in [3.05, 3.63) is 24.0 Å². The Morgan fingerprint density at radius 1 is 1.42 bits per heavy atom. The molecule has 0 amide bonds. The van der Waals surface area contributed by atoms with Gasteiger partial charge in [-0.2, -0.15) is 13.8 Å². The summed E-state index contributed by atoms with van der Waals surface area (Å²) in [4.78, 5) is 6.46. The summed E-state index contributed by atoms with van der Waals surface area (Å²) >= 11 is 0. The van der Waals surface area contributed by atoms with Crippen LogP contribution in [0.3, 0.4) is 0 Å². The summed E-state index contributed by atoms with van der Waals surface area (Å²) in [5, 5.41) is 7.25. The highest BCUT2D eigenvalue weighted by molar-refractivity contribution is 5.67. The summed E-state index contributed by atoms with van der Waals surface area (Å²) in [5.74, 6) is 0.647. The van der Waals surface area contributed by atoms with Gasteiger partial charge in [0.15, 0.2) is 17.3 Å². The van der Waals surface area contributed by atoms with Gasteiger partial charge < -0.3 is 19.3 Å². The van der Waals surface area contributed by atoms with Crippen LogP contribution in [0.5, 0.6) is 11.5 Å².